The molecular formula is C8H13N3O4. The Balaban J connectivity index is 2.72. The third-order valence-corrected chi connectivity index (χ3v) is 1.92. The Morgan fingerprint density at radius 1 is 1.80 bits per heavy atom. The fraction of sp³-hybridized carbons (Fsp3) is 0.625. The molecule has 84 valence electrons. The quantitative estimate of drug-likeness (QED) is 0.556. The van der Waals surface area contributed by atoms with Crippen LogP contribution in [0.1, 0.15) is 5.82 Å². The summed E-state index contributed by atoms with van der Waals surface area (Å²) in [5.74, 6) is 0.286. The van der Waals surface area contributed by atoms with Crippen LogP contribution in [0.4, 0.5) is 5.82 Å². The molecule has 0 saturated heterocycles. The van der Waals surface area contributed by atoms with Gasteiger partial charge in [-0.3, -0.25) is 0 Å². The lowest BCUT2D eigenvalue weighted by atomic mass is 10.4. The first-order chi connectivity index (χ1) is 7.04. The standard InChI is InChI=1S/C8H13N3O4/c1-6-9-8(11(13)14)4-10(6)3-7(12)5-15-2/h4,7,12H,3,5H2,1-2H3/t7-/m1/s1. The van der Waals surface area contributed by atoms with Gasteiger partial charge in [0, 0.05) is 14.0 Å². The van der Waals surface area contributed by atoms with E-state index in [-0.39, 0.29) is 19.0 Å². The van der Waals surface area contributed by atoms with Crippen molar-refractivity contribution < 1.29 is 14.8 Å². The number of imidazole rings is 1. The van der Waals surface area contributed by atoms with E-state index in [2.05, 4.69) is 4.98 Å². The summed E-state index contributed by atoms with van der Waals surface area (Å²) >= 11 is 0. The molecule has 1 heterocycles. The molecule has 1 aromatic rings. The molecule has 0 amide bonds. The van der Waals surface area contributed by atoms with Crippen LogP contribution in [0, 0.1) is 17.0 Å². The van der Waals surface area contributed by atoms with Gasteiger partial charge in [-0.25, -0.2) is 0 Å². The largest absolute Gasteiger partial charge is 0.389 e. The van der Waals surface area contributed by atoms with Crippen LogP contribution in [0.3, 0.4) is 0 Å². The fourth-order valence-electron chi connectivity index (χ4n) is 1.24. The molecule has 0 aliphatic carbocycles. The lowest BCUT2D eigenvalue weighted by molar-refractivity contribution is -0.389. The first kappa shape index (κ1) is 11.6. The van der Waals surface area contributed by atoms with Crippen molar-refractivity contribution in [2.24, 2.45) is 0 Å². The van der Waals surface area contributed by atoms with Crippen LogP contribution >= 0.6 is 0 Å². The summed E-state index contributed by atoms with van der Waals surface area (Å²) in [7, 11) is 1.48. The van der Waals surface area contributed by atoms with Gasteiger partial charge >= 0.3 is 5.82 Å². The van der Waals surface area contributed by atoms with E-state index in [0.29, 0.717) is 5.82 Å². The smallest absolute Gasteiger partial charge is 0.381 e. The van der Waals surface area contributed by atoms with E-state index < -0.39 is 11.0 Å². The van der Waals surface area contributed by atoms with E-state index in [1.54, 1.807) is 6.92 Å². The molecule has 7 heteroatoms. The minimum atomic E-state index is -0.692. The summed E-state index contributed by atoms with van der Waals surface area (Å²) in [6.07, 6.45) is 0.608. The molecule has 0 aliphatic heterocycles. The number of methoxy groups -OCH3 is 1. The van der Waals surface area contributed by atoms with Gasteiger partial charge in [0.05, 0.1) is 19.3 Å². The maximum atomic E-state index is 10.4. The number of nitro groups is 1. The summed E-state index contributed by atoms with van der Waals surface area (Å²) in [6.45, 7) is 2.07. The molecule has 1 rings (SSSR count). The zero-order chi connectivity index (χ0) is 11.4. The number of aryl methyl sites for hydroxylation is 1. The molecule has 0 unspecified atom stereocenters. The lowest BCUT2D eigenvalue weighted by Gasteiger charge is -2.09. The van der Waals surface area contributed by atoms with E-state index in [9.17, 15) is 15.2 Å². The average molecular weight is 215 g/mol. The zero-order valence-corrected chi connectivity index (χ0v) is 8.58. The van der Waals surface area contributed by atoms with E-state index in [1.165, 1.54) is 17.9 Å². The summed E-state index contributed by atoms with van der Waals surface area (Å²) in [5.41, 5.74) is 0. The molecule has 1 aromatic heterocycles. The number of hydrogen-bond acceptors (Lipinski definition) is 5. The molecule has 0 saturated carbocycles. The Bertz CT molecular complexity index is 350. The van der Waals surface area contributed by atoms with E-state index in [4.69, 9.17) is 4.74 Å². The second-order valence-corrected chi connectivity index (χ2v) is 3.16. The summed E-state index contributed by atoms with van der Waals surface area (Å²) < 4.78 is 6.28. The van der Waals surface area contributed by atoms with Crippen molar-refractivity contribution in [1.29, 1.82) is 0 Å². The topological polar surface area (TPSA) is 90.4 Å². The number of rotatable bonds is 5. The highest BCUT2D eigenvalue weighted by Crippen LogP contribution is 2.10. The predicted octanol–water partition coefficient (Wildman–Crippen LogP) is 0.107. The van der Waals surface area contributed by atoms with Crippen LogP contribution in [0.25, 0.3) is 0 Å². The van der Waals surface area contributed by atoms with Crippen molar-refractivity contribution in [3.05, 3.63) is 22.1 Å². The van der Waals surface area contributed by atoms with Gasteiger partial charge in [-0.05, 0) is 9.91 Å². The number of aliphatic hydroxyl groups is 1. The van der Waals surface area contributed by atoms with Crippen molar-refractivity contribution in [2.75, 3.05) is 13.7 Å². The average Bonchev–Trinajstić information content (AvgIpc) is 2.48. The van der Waals surface area contributed by atoms with E-state index in [1.807, 2.05) is 0 Å². The number of ether oxygens (including phenoxy) is 1. The van der Waals surface area contributed by atoms with Gasteiger partial charge in [-0.2, -0.15) is 0 Å². The Morgan fingerprint density at radius 2 is 2.47 bits per heavy atom. The van der Waals surface area contributed by atoms with Crippen LogP contribution in [0.15, 0.2) is 6.20 Å². The van der Waals surface area contributed by atoms with E-state index in [0.717, 1.165) is 0 Å². The minimum Gasteiger partial charge on any atom is -0.389 e. The molecule has 7 nitrogen and oxygen atoms in total. The third kappa shape index (κ3) is 3.00. The van der Waals surface area contributed by atoms with Crippen LogP contribution in [0.2, 0.25) is 0 Å². The molecule has 0 radical (unpaired) electrons. The molecule has 1 N–H and O–H groups in total. The summed E-state index contributed by atoms with van der Waals surface area (Å²) in [6, 6.07) is 0. The Hall–Kier alpha value is -1.47. The van der Waals surface area contributed by atoms with Gasteiger partial charge in [0.15, 0.2) is 0 Å². The minimum absolute atomic E-state index is 0.186. The van der Waals surface area contributed by atoms with Crippen LogP contribution in [-0.4, -0.2) is 39.4 Å². The Labute approximate surface area is 86.5 Å². The maximum absolute atomic E-state index is 10.4. The highest BCUT2D eigenvalue weighted by Gasteiger charge is 2.16. The Kier molecular flexibility index (Phi) is 3.75. The summed E-state index contributed by atoms with van der Waals surface area (Å²) in [5, 5.41) is 19.9. The van der Waals surface area contributed by atoms with Gasteiger partial charge in [0.25, 0.3) is 0 Å². The first-order valence-corrected chi connectivity index (χ1v) is 4.39. The van der Waals surface area contributed by atoms with Crippen molar-refractivity contribution >= 4 is 5.82 Å². The molecule has 0 aromatic carbocycles. The normalized spacial score (nSPS) is 12.7. The van der Waals surface area contributed by atoms with Crippen molar-refractivity contribution in [1.82, 2.24) is 9.55 Å². The van der Waals surface area contributed by atoms with Crippen LogP contribution in [-0.2, 0) is 11.3 Å². The molecule has 0 bridgehead atoms. The van der Waals surface area contributed by atoms with Gasteiger partial charge in [-0.15, -0.1) is 0 Å². The Morgan fingerprint density at radius 3 is 2.93 bits per heavy atom. The van der Waals surface area contributed by atoms with Crippen molar-refractivity contribution in [2.45, 2.75) is 19.6 Å². The van der Waals surface area contributed by atoms with E-state index >= 15 is 0 Å². The zero-order valence-electron chi connectivity index (χ0n) is 8.58. The predicted molar refractivity (Wildman–Crippen MR) is 51.5 cm³/mol. The second-order valence-electron chi connectivity index (χ2n) is 3.16. The highest BCUT2D eigenvalue weighted by atomic mass is 16.6. The fourth-order valence-corrected chi connectivity index (χ4v) is 1.24. The van der Waals surface area contributed by atoms with Gasteiger partial charge in [0.2, 0.25) is 5.82 Å². The van der Waals surface area contributed by atoms with Crippen molar-refractivity contribution in [3.8, 4) is 0 Å². The molecule has 1 atom stereocenters. The highest BCUT2D eigenvalue weighted by molar-refractivity contribution is 5.16. The number of hydrogen-bond donors (Lipinski definition) is 1. The molecule has 0 aliphatic rings. The molecule has 0 spiro atoms. The first-order valence-electron chi connectivity index (χ1n) is 4.39. The SMILES string of the molecule is COC[C@H](O)Cn1cc([N+](=O)[O-])nc1C. The van der Waals surface area contributed by atoms with Crippen LogP contribution in [0.5, 0.6) is 0 Å². The monoisotopic (exact) mass is 215 g/mol. The molecule has 15 heavy (non-hydrogen) atoms. The van der Waals surface area contributed by atoms with Gasteiger partial charge in [0.1, 0.15) is 6.20 Å². The van der Waals surface area contributed by atoms with Gasteiger partial charge in [-0.1, -0.05) is 0 Å². The molecular weight excluding hydrogens is 202 g/mol. The number of nitrogens with zero attached hydrogens (tertiary/aromatic N) is 3. The van der Waals surface area contributed by atoms with Crippen molar-refractivity contribution in [3.63, 3.8) is 0 Å². The lowest BCUT2D eigenvalue weighted by Crippen LogP contribution is -2.21. The summed E-state index contributed by atoms with van der Waals surface area (Å²) in [4.78, 5) is 13.6. The number of aromatic nitrogens is 2. The third-order valence-electron chi connectivity index (χ3n) is 1.92. The van der Waals surface area contributed by atoms with Gasteiger partial charge < -0.3 is 24.5 Å². The second kappa shape index (κ2) is 4.85. The number of aliphatic hydroxyl groups excluding tert-OH is 1. The molecule has 0 fully saturated rings. The van der Waals surface area contributed by atoms with Crippen LogP contribution < -0.4 is 0 Å². The maximum Gasteiger partial charge on any atom is 0.381 e.